The lowest BCUT2D eigenvalue weighted by atomic mass is 10.1. The van der Waals surface area contributed by atoms with E-state index in [-0.39, 0.29) is 0 Å². The minimum atomic E-state index is -0.661. The molecule has 0 bridgehead atoms. The van der Waals surface area contributed by atoms with Gasteiger partial charge in [0.1, 0.15) is 11.6 Å². The second-order valence-corrected chi connectivity index (χ2v) is 2.51. The summed E-state index contributed by atoms with van der Waals surface area (Å²) in [5, 5.41) is 0.869. The van der Waals surface area contributed by atoms with E-state index in [1.807, 2.05) is 0 Å². The Bertz CT molecular complexity index is 421. The second-order valence-electron chi connectivity index (χ2n) is 2.51. The van der Waals surface area contributed by atoms with Gasteiger partial charge in [-0.2, -0.15) is 0 Å². The molecule has 2 aromatic rings. The molecular weight excluding hydrogens is 158 g/mol. The van der Waals surface area contributed by atoms with Crippen LogP contribution in [0.2, 0.25) is 0 Å². The van der Waals surface area contributed by atoms with Crippen molar-refractivity contribution in [2.75, 3.05) is 0 Å². The third-order valence-corrected chi connectivity index (χ3v) is 1.69. The van der Waals surface area contributed by atoms with E-state index in [2.05, 4.69) is 6.07 Å². The molecule has 0 aliphatic heterocycles. The lowest BCUT2D eigenvalue weighted by molar-refractivity contribution is 0.590. The summed E-state index contributed by atoms with van der Waals surface area (Å²) in [5.74, 6) is -1.20. The molecule has 2 heteroatoms. The number of rotatable bonds is 0. The Morgan fingerprint density at radius 3 is 2.67 bits per heavy atom. The lowest BCUT2D eigenvalue weighted by Gasteiger charge is -1.97. The Morgan fingerprint density at radius 2 is 1.83 bits per heavy atom. The zero-order valence-electron chi connectivity index (χ0n) is 6.14. The minimum Gasteiger partial charge on any atom is -0.206 e. The summed E-state index contributed by atoms with van der Waals surface area (Å²) in [6, 6.07) is 9.91. The average molecular weight is 163 g/mol. The Balaban J connectivity index is 2.89. The maximum atomic E-state index is 13.0. The van der Waals surface area contributed by atoms with Crippen LogP contribution in [0.15, 0.2) is 30.3 Å². The Labute approximate surface area is 68.4 Å². The van der Waals surface area contributed by atoms with Crippen LogP contribution in [0.3, 0.4) is 0 Å². The van der Waals surface area contributed by atoms with Crippen molar-refractivity contribution < 1.29 is 8.78 Å². The molecule has 0 heterocycles. The topological polar surface area (TPSA) is 0 Å². The standard InChI is InChI=1S/C10H5F2/c11-8-5-7-3-1-2-4-9(7)10(12)6-8/h1-4,6H. The summed E-state index contributed by atoms with van der Waals surface area (Å²) in [7, 11) is 0. The summed E-state index contributed by atoms with van der Waals surface area (Å²) in [6.45, 7) is 0. The van der Waals surface area contributed by atoms with Crippen molar-refractivity contribution >= 4 is 10.8 Å². The van der Waals surface area contributed by atoms with E-state index in [4.69, 9.17) is 0 Å². The number of hydrogen-bond donors (Lipinski definition) is 0. The summed E-state index contributed by atoms with van der Waals surface area (Å²) in [5.41, 5.74) is 0. The first-order valence-electron chi connectivity index (χ1n) is 3.53. The second kappa shape index (κ2) is 2.55. The zero-order valence-corrected chi connectivity index (χ0v) is 6.14. The highest BCUT2D eigenvalue weighted by molar-refractivity contribution is 5.82. The minimum absolute atomic E-state index is 0.402. The Kier molecular flexibility index (Phi) is 1.54. The van der Waals surface area contributed by atoms with E-state index >= 15 is 0 Å². The van der Waals surface area contributed by atoms with Gasteiger partial charge in [-0.3, -0.25) is 0 Å². The van der Waals surface area contributed by atoms with Gasteiger partial charge in [-0.15, -0.1) is 0 Å². The van der Waals surface area contributed by atoms with Crippen molar-refractivity contribution in [3.8, 4) is 0 Å². The highest BCUT2D eigenvalue weighted by atomic mass is 19.1. The molecule has 59 valence electrons. The molecule has 12 heavy (non-hydrogen) atoms. The SMILES string of the molecule is Fc1[c]c2ccccc2c(F)c1. The first-order chi connectivity index (χ1) is 5.77. The van der Waals surface area contributed by atoms with Gasteiger partial charge in [0.25, 0.3) is 0 Å². The van der Waals surface area contributed by atoms with Crippen molar-refractivity contribution in [1.82, 2.24) is 0 Å². The van der Waals surface area contributed by atoms with Gasteiger partial charge in [-0.1, -0.05) is 24.3 Å². The predicted octanol–water partition coefficient (Wildman–Crippen LogP) is 2.92. The number of fused-ring (bicyclic) bond motifs is 1. The van der Waals surface area contributed by atoms with E-state index in [0.29, 0.717) is 10.8 Å². The zero-order chi connectivity index (χ0) is 8.55. The van der Waals surface area contributed by atoms with Gasteiger partial charge < -0.3 is 0 Å². The molecule has 2 aromatic carbocycles. The van der Waals surface area contributed by atoms with E-state index < -0.39 is 11.6 Å². The molecule has 0 spiro atoms. The fourth-order valence-corrected chi connectivity index (χ4v) is 1.15. The third-order valence-electron chi connectivity index (χ3n) is 1.69. The van der Waals surface area contributed by atoms with Gasteiger partial charge in [-0.05, 0) is 5.39 Å². The molecule has 0 nitrogen and oxygen atoms in total. The van der Waals surface area contributed by atoms with Crippen LogP contribution in [0.5, 0.6) is 0 Å². The fourth-order valence-electron chi connectivity index (χ4n) is 1.15. The van der Waals surface area contributed by atoms with Gasteiger partial charge in [0.05, 0.1) is 0 Å². The summed E-state index contributed by atoms with van der Waals surface area (Å²) in [6.07, 6.45) is 0. The molecule has 0 fully saturated rings. The van der Waals surface area contributed by atoms with Crippen molar-refractivity contribution in [2.45, 2.75) is 0 Å². The van der Waals surface area contributed by atoms with E-state index in [1.54, 1.807) is 24.3 Å². The summed E-state index contributed by atoms with van der Waals surface area (Å²) < 4.78 is 25.6. The van der Waals surface area contributed by atoms with Crippen LogP contribution in [0.1, 0.15) is 0 Å². The van der Waals surface area contributed by atoms with Crippen LogP contribution >= 0.6 is 0 Å². The van der Waals surface area contributed by atoms with Gasteiger partial charge >= 0.3 is 0 Å². The third kappa shape index (κ3) is 1.05. The molecule has 0 atom stereocenters. The normalized spacial score (nSPS) is 10.5. The molecule has 2 rings (SSSR count). The van der Waals surface area contributed by atoms with Crippen LogP contribution in [0.25, 0.3) is 10.8 Å². The molecular formula is C10H5F2. The smallest absolute Gasteiger partial charge is 0.134 e. The quantitative estimate of drug-likeness (QED) is 0.560. The number of hydrogen-bond acceptors (Lipinski definition) is 0. The summed E-state index contributed by atoms with van der Waals surface area (Å²) >= 11 is 0. The Hall–Kier alpha value is -1.44. The lowest BCUT2D eigenvalue weighted by Crippen LogP contribution is -1.82. The maximum absolute atomic E-state index is 13.0. The van der Waals surface area contributed by atoms with Crippen molar-refractivity contribution in [3.05, 3.63) is 48.0 Å². The highest BCUT2D eigenvalue weighted by Crippen LogP contribution is 2.17. The monoisotopic (exact) mass is 163 g/mol. The molecule has 0 N–H and O–H groups in total. The van der Waals surface area contributed by atoms with Gasteiger partial charge in [0.15, 0.2) is 0 Å². The molecule has 0 saturated heterocycles. The molecule has 0 aliphatic carbocycles. The van der Waals surface area contributed by atoms with Crippen LogP contribution in [0, 0.1) is 17.7 Å². The van der Waals surface area contributed by atoms with E-state index in [0.717, 1.165) is 6.07 Å². The predicted molar refractivity (Wildman–Crippen MR) is 42.7 cm³/mol. The average Bonchev–Trinajstić information content (AvgIpc) is 2.04. The molecule has 0 amide bonds. The molecule has 0 aliphatic rings. The molecule has 1 radical (unpaired) electrons. The van der Waals surface area contributed by atoms with Crippen molar-refractivity contribution in [1.29, 1.82) is 0 Å². The highest BCUT2D eigenvalue weighted by Gasteiger charge is 2.01. The van der Waals surface area contributed by atoms with Gasteiger partial charge in [0, 0.05) is 17.5 Å². The fraction of sp³-hybridized carbons (Fsp3) is 0. The Morgan fingerprint density at radius 1 is 1.08 bits per heavy atom. The van der Waals surface area contributed by atoms with Crippen molar-refractivity contribution in [3.63, 3.8) is 0 Å². The first kappa shape index (κ1) is 7.22. The van der Waals surface area contributed by atoms with Gasteiger partial charge in [-0.25, -0.2) is 8.78 Å². The largest absolute Gasteiger partial charge is 0.206 e. The van der Waals surface area contributed by atoms with Crippen molar-refractivity contribution in [2.24, 2.45) is 0 Å². The van der Waals surface area contributed by atoms with E-state index in [1.165, 1.54) is 0 Å². The van der Waals surface area contributed by atoms with Crippen LogP contribution in [-0.4, -0.2) is 0 Å². The molecule has 0 saturated carbocycles. The molecule has 0 unspecified atom stereocenters. The number of halogens is 2. The maximum Gasteiger partial charge on any atom is 0.134 e. The summed E-state index contributed by atoms with van der Waals surface area (Å²) in [4.78, 5) is 0. The van der Waals surface area contributed by atoms with Gasteiger partial charge in [0.2, 0.25) is 0 Å². The van der Waals surface area contributed by atoms with Crippen LogP contribution in [-0.2, 0) is 0 Å². The first-order valence-corrected chi connectivity index (χ1v) is 3.53. The van der Waals surface area contributed by atoms with E-state index in [9.17, 15) is 8.78 Å². The van der Waals surface area contributed by atoms with Crippen LogP contribution < -0.4 is 0 Å². The van der Waals surface area contributed by atoms with Crippen LogP contribution in [0.4, 0.5) is 8.78 Å². The number of benzene rings is 2. The molecule has 0 aromatic heterocycles.